The van der Waals surface area contributed by atoms with Gasteiger partial charge in [0.1, 0.15) is 12.0 Å². The predicted octanol–water partition coefficient (Wildman–Crippen LogP) is 3.03. The van der Waals surface area contributed by atoms with Crippen LogP contribution < -0.4 is 5.32 Å². The monoisotopic (exact) mass is 257 g/mol. The van der Waals surface area contributed by atoms with Crippen LogP contribution >= 0.6 is 0 Å². The zero-order chi connectivity index (χ0) is 13.7. The lowest BCUT2D eigenvalue weighted by Gasteiger charge is -2.14. The Morgan fingerprint density at radius 1 is 1.26 bits per heavy atom. The highest BCUT2D eigenvalue weighted by molar-refractivity contribution is 5.41. The van der Waals surface area contributed by atoms with Crippen molar-refractivity contribution in [2.45, 2.75) is 19.4 Å². The molecule has 0 amide bonds. The standard InChI is InChI=1S/C14H15N3O2/c1-11(9-12-5-3-2-4-6-12)16-14-8-7-13(10-15-14)17(18)19/h2-8,10-11H,9H2,1H3,(H,15,16)/t11-/m1/s1. The number of aromatic nitrogens is 1. The minimum absolute atomic E-state index is 0.00117. The molecular weight excluding hydrogens is 242 g/mol. The van der Waals surface area contributed by atoms with Gasteiger partial charge in [-0.3, -0.25) is 10.1 Å². The van der Waals surface area contributed by atoms with E-state index in [0.717, 1.165) is 6.42 Å². The van der Waals surface area contributed by atoms with Crippen LogP contribution in [-0.2, 0) is 6.42 Å². The summed E-state index contributed by atoms with van der Waals surface area (Å²) in [4.78, 5) is 14.1. The van der Waals surface area contributed by atoms with Gasteiger partial charge >= 0.3 is 0 Å². The maximum atomic E-state index is 10.5. The van der Waals surface area contributed by atoms with Crippen LogP contribution in [-0.4, -0.2) is 15.9 Å². The van der Waals surface area contributed by atoms with Crippen molar-refractivity contribution in [3.05, 3.63) is 64.3 Å². The summed E-state index contributed by atoms with van der Waals surface area (Å²) in [5.74, 6) is 0.647. The third kappa shape index (κ3) is 3.77. The Morgan fingerprint density at radius 2 is 2.00 bits per heavy atom. The number of rotatable bonds is 5. The first kappa shape index (κ1) is 13.0. The van der Waals surface area contributed by atoms with Gasteiger partial charge in [0, 0.05) is 12.1 Å². The number of hydrogen-bond donors (Lipinski definition) is 1. The van der Waals surface area contributed by atoms with E-state index in [0.29, 0.717) is 5.82 Å². The largest absolute Gasteiger partial charge is 0.367 e. The van der Waals surface area contributed by atoms with Crippen molar-refractivity contribution in [1.82, 2.24) is 4.98 Å². The maximum Gasteiger partial charge on any atom is 0.287 e. The van der Waals surface area contributed by atoms with Crippen LogP contribution in [0, 0.1) is 10.1 Å². The van der Waals surface area contributed by atoms with Gasteiger partial charge in [0.15, 0.2) is 0 Å². The minimum atomic E-state index is -0.454. The summed E-state index contributed by atoms with van der Waals surface area (Å²) in [5, 5.41) is 13.7. The fraction of sp³-hybridized carbons (Fsp3) is 0.214. The Morgan fingerprint density at radius 3 is 2.58 bits per heavy atom. The van der Waals surface area contributed by atoms with Gasteiger partial charge in [-0.15, -0.1) is 0 Å². The average molecular weight is 257 g/mol. The van der Waals surface area contributed by atoms with Crippen LogP contribution in [0.25, 0.3) is 0 Å². The van der Waals surface area contributed by atoms with E-state index in [1.807, 2.05) is 18.2 Å². The second-order valence-electron chi connectivity index (χ2n) is 4.39. The van der Waals surface area contributed by atoms with Gasteiger partial charge in [0.2, 0.25) is 0 Å². The first-order valence-electron chi connectivity index (χ1n) is 6.06. The van der Waals surface area contributed by atoms with Crippen molar-refractivity contribution in [2.75, 3.05) is 5.32 Å². The minimum Gasteiger partial charge on any atom is -0.367 e. The number of nitrogens with zero attached hydrogens (tertiary/aromatic N) is 2. The van der Waals surface area contributed by atoms with E-state index >= 15 is 0 Å². The van der Waals surface area contributed by atoms with Crippen LogP contribution in [0.4, 0.5) is 11.5 Å². The Labute approximate surface area is 111 Å². The molecule has 0 radical (unpaired) electrons. The van der Waals surface area contributed by atoms with E-state index in [1.54, 1.807) is 6.07 Å². The summed E-state index contributed by atoms with van der Waals surface area (Å²) < 4.78 is 0. The predicted molar refractivity (Wildman–Crippen MR) is 74.1 cm³/mol. The van der Waals surface area contributed by atoms with Crippen molar-refractivity contribution in [3.63, 3.8) is 0 Å². The smallest absolute Gasteiger partial charge is 0.287 e. The molecule has 0 unspecified atom stereocenters. The topological polar surface area (TPSA) is 68.1 Å². The molecule has 0 saturated heterocycles. The SMILES string of the molecule is C[C@H](Cc1ccccc1)Nc1ccc([N+](=O)[O-])cn1. The molecule has 0 spiro atoms. The molecule has 0 aliphatic carbocycles. The summed E-state index contributed by atoms with van der Waals surface area (Å²) in [6, 6.07) is 13.4. The average Bonchev–Trinajstić information content (AvgIpc) is 2.40. The first-order chi connectivity index (χ1) is 9.15. The molecule has 0 bridgehead atoms. The Kier molecular flexibility index (Phi) is 4.07. The summed E-state index contributed by atoms with van der Waals surface area (Å²) >= 11 is 0. The van der Waals surface area contributed by atoms with Gasteiger partial charge in [-0.25, -0.2) is 4.98 Å². The number of benzene rings is 1. The molecule has 98 valence electrons. The molecule has 0 aliphatic rings. The highest BCUT2D eigenvalue weighted by Crippen LogP contribution is 2.13. The molecule has 5 heteroatoms. The van der Waals surface area contributed by atoms with Crippen molar-refractivity contribution in [1.29, 1.82) is 0 Å². The molecule has 2 aromatic rings. The highest BCUT2D eigenvalue weighted by Gasteiger charge is 2.07. The van der Waals surface area contributed by atoms with E-state index in [1.165, 1.54) is 17.8 Å². The van der Waals surface area contributed by atoms with E-state index in [4.69, 9.17) is 0 Å². The fourth-order valence-electron chi connectivity index (χ4n) is 1.85. The first-order valence-corrected chi connectivity index (χ1v) is 6.06. The van der Waals surface area contributed by atoms with E-state index in [2.05, 4.69) is 29.4 Å². The van der Waals surface area contributed by atoms with Gasteiger partial charge in [-0.1, -0.05) is 30.3 Å². The van der Waals surface area contributed by atoms with Gasteiger partial charge in [-0.05, 0) is 25.0 Å². The molecular formula is C14H15N3O2. The van der Waals surface area contributed by atoms with Crippen molar-refractivity contribution >= 4 is 11.5 Å². The summed E-state index contributed by atoms with van der Waals surface area (Å²) in [5.41, 5.74) is 1.24. The van der Waals surface area contributed by atoms with Gasteiger partial charge in [-0.2, -0.15) is 0 Å². The van der Waals surface area contributed by atoms with E-state index < -0.39 is 4.92 Å². The molecule has 1 atom stereocenters. The summed E-state index contributed by atoms with van der Waals surface area (Å²) in [7, 11) is 0. The van der Waals surface area contributed by atoms with Crippen molar-refractivity contribution in [2.24, 2.45) is 0 Å². The molecule has 1 aromatic carbocycles. The van der Waals surface area contributed by atoms with Crippen molar-refractivity contribution in [3.8, 4) is 0 Å². The van der Waals surface area contributed by atoms with E-state index in [9.17, 15) is 10.1 Å². The maximum absolute atomic E-state index is 10.5. The fourth-order valence-corrected chi connectivity index (χ4v) is 1.85. The molecule has 0 fully saturated rings. The lowest BCUT2D eigenvalue weighted by Crippen LogP contribution is -2.18. The lowest BCUT2D eigenvalue weighted by molar-refractivity contribution is -0.385. The summed E-state index contributed by atoms with van der Waals surface area (Å²) in [6.45, 7) is 2.05. The zero-order valence-electron chi connectivity index (χ0n) is 10.6. The number of nitrogens with one attached hydrogen (secondary N) is 1. The van der Waals surface area contributed by atoms with Gasteiger partial charge in [0.25, 0.3) is 5.69 Å². The Balaban J connectivity index is 1.95. The second kappa shape index (κ2) is 5.95. The number of anilines is 1. The molecule has 0 saturated carbocycles. The van der Waals surface area contributed by atoms with Crippen LogP contribution in [0.1, 0.15) is 12.5 Å². The number of hydrogen-bond acceptors (Lipinski definition) is 4. The zero-order valence-corrected chi connectivity index (χ0v) is 10.6. The van der Waals surface area contributed by atoms with Crippen LogP contribution in [0.5, 0.6) is 0 Å². The normalized spacial score (nSPS) is 11.8. The quantitative estimate of drug-likeness (QED) is 0.660. The molecule has 1 N–H and O–H groups in total. The third-order valence-corrected chi connectivity index (χ3v) is 2.74. The molecule has 5 nitrogen and oxygen atoms in total. The molecule has 1 aromatic heterocycles. The number of pyridine rings is 1. The van der Waals surface area contributed by atoms with Crippen LogP contribution in [0.3, 0.4) is 0 Å². The van der Waals surface area contributed by atoms with Crippen LogP contribution in [0.15, 0.2) is 48.7 Å². The molecule has 0 aliphatic heterocycles. The number of nitro groups is 1. The van der Waals surface area contributed by atoms with Crippen LogP contribution in [0.2, 0.25) is 0 Å². The van der Waals surface area contributed by atoms with Crippen molar-refractivity contribution < 1.29 is 4.92 Å². The lowest BCUT2D eigenvalue weighted by atomic mass is 10.1. The summed E-state index contributed by atoms with van der Waals surface area (Å²) in [6.07, 6.45) is 2.14. The molecule has 2 rings (SSSR count). The Bertz CT molecular complexity index is 540. The Hall–Kier alpha value is -2.43. The molecule has 1 heterocycles. The second-order valence-corrected chi connectivity index (χ2v) is 4.39. The van der Waals surface area contributed by atoms with Gasteiger partial charge < -0.3 is 5.32 Å². The van der Waals surface area contributed by atoms with Gasteiger partial charge in [0.05, 0.1) is 4.92 Å². The molecule has 19 heavy (non-hydrogen) atoms. The highest BCUT2D eigenvalue weighted by atomic mass is 16.6. The van der Waals surface area contributed by atoms with E-state index in [-0.39, 0.29) is 11.7 Å². The third-order valence-electron chi connectivity index (χ3n) is 2.74.